The number of nitrogens with one attached hydrogen (secondary N) is 2. The van der Waals surface area contributed by atoms with Gasteiger partial charge in [0.2, 0.25) is 5.56 Å². The Morgan fingerprint density at radius 2 is 1.71 bits per heavy atom. The molecule has 1 aromatic carbocycles. The molecule has 0 aliphatic rings. The second-order valence-electron chi connectivity index (χ2n) is 3.30. The van der Waals surface area contributed by atoms with Crippen molar-refractivity contribution in [2.24, 2.45) is 0 Å². The maximum absolute atomic E-state index is 10.8. The Morgan fingerprint density at radius 1 is 0.882 bits per heavy atom. The van der Waals surface area contributed by atoms with Crippen LogP contribution >= 0.6 is 0 Å². The van der Waals surface area contributed by atoms with Crippen LogP contribution in [0.5, 0.6) is 0 Å². The highest BCUT2D eigenvalue weighted by molar-refractivity contribution is 5.77. The van der Waals surface area contributed by atoms with Crippen molar-refractivity contribution in [1.29, 1.82) is 0 Å². The normalized spacial score (nSPS) is 9.65. The van der Waals surface area contributed by atoms with E-state index in [0.29, 0.717) is 0 Å². The summed E-state index contributed by atoms with van der Waals surface area (Å²) in [6.07, 6.45) is 1.29. The molecule has 3 rings (SSSR count). The molecule has 2 N–H and O–H groups in total. The molecule has 5 heteroatoms. The summed E-state index contributed by atoms with van der Waals surface area (Å²) in [6.45, 7) is 0. The predicted molar refractivity (Wildman–Crippen MR) is 63.9 cm³/mol. The molecule has 0 radical (unpaired) electrons. The van der Waals surface area contributed by atoms with Crippen LogP contribution in [-0.2, 0) is 0 Å². The van der Waals surface area contributed by atoms with Gasteiger partial charge >= 0.3 is 0 Å². The minimum atomic E-state index is -0.199. The molecule has 0 unspecified atom stereocenters. The van der Waals surface area contributed by atoms with Crippen LogP contribution in [0.15, 0.2) is 62.8 Å². The van der Waals surface area contributed by atoms with Crippen LogP contribution in [0.4, 0.5) is 0 Å². The van der Waals surface area contributed by atoms with Gasteiger partial charge in [0.1, 0.15) is 6.26 Å². The zero-order valence-electron chi connectivity index (χ0n) is 8.84. The number of H-pyrrole nitrogens is 2. The fraction of sp³-hybridized carbons (Fsp3) is 0. The largest absolute Gasteiger partial charge is 0.387 e. The maximum Gasteiger partial charge on any atom is 0.279 e. The minimum Gasteiger partial charge on any atom is -0.387 e. The van der Waals surface area contributed by atoms with E-state index in [4.69, 9.17) is 0 Å². The van der Waals surface area contributed by atoms with Gasteiger partial charge in [0.15, 0.2) is 0 Å². The van der Waals surface area contributed by atoms with E-state index in [1.54, 1.807) is 0 Å². The number of fused-ring (bicyclic) bond motifs is 1. The summed E-state index contributed by atoms with van der Waals surface area (Å²) >= 11 is 0. The molecule has 0 amide bonds. The number of aromatic nitrogens is 2. The van der Waals surface area contributed by atoms with E-state index in [-0.39, 0.29) is 11.1 Å². The summed E-state index contributed by atoms with van der Waals surface area (Å²) in [5.41, 5.74) is 0.638. The van der Waals surface area contributed by atoms with Gasteiger partial charge < -0.3 is 9.51 Å². The van der Waals surface area contributed by atoms with Crippen molar-refractivity contribution in [3.8, 4) is 0 Å². The van der Waals surface area contributed by atoms with E-state index in [9.17, 15) is 9.59 Å². The second-order valence-corrected chi connectivity index (χ2v) is 3.30. The van der Waals surface area contributed by atoms with Crippen molar-refractivity contribution >= 4 is 10.9 Å². The van der Waals surface area contributed by atoms with Gasteiger partial charge in [0, 0.05) is 17.6 Å². The summed E-state index contributed by atoms with van der Waals surface area (Å²) in [4.78, 5) is 23.5. The Labute approximate surface area is 95.7 Å². The van der Waals surface area contributed by atoms with Gasteiger partial charge in [-0.1, -0.05) is 18.2 Å². The lowest BCUT2D eigenvalue weighted by molar-refractivity contribution is 0.413. The lowest BCUT2D eigenvalue weighted by Gasteiger charge is -1.93. The van der Waals surface area contributed by atoms with Crippen LogP contribution in [0, 0.1) is 0 Å². The fourth-order valence-corrected chi connectivity index (χ4v) is 1.32. The molecule has 0 aliphatic carbocycles. The Morgan fingerprint density at radius 3 is 2.35 bits per heavy atom. The first-order valence-corrected chi connectivity index (χ1v) is 4.96. The SMILES string of the molecule is O=c1ccc2ccccc2[nH]1.O=c1cco[nH]1. The molecule has 86 valence electrons. The van der Waals surface area contributed by atoms with Gasteiger partial charge in [-0.2, -0.15) is 5.16 Å². The lowest BCUT2D eigenvalue weighted by atomic mass is 10.2. The number of benzene rings is 1. The third kappa shape index (κ3) is 2.94. The lowest BCUT2D eigenvalue weighted by Crippen LogP contribution is -2.01. The topological polar surface area (TPSA) is 78.9 Å². The first-order valence-electron chi connectivity index (χ1n) is 4.96. The van der Waals surface area contributed by atoms with Crippen molar-refractivity contribution in [2.75, 3.05) is 0 Å². The number of para-hydroxylation sites is 1. The average molecular weight is 230 g/mol. The number of hydrogen-bond donors (Lipinski definition) is 2. The molecule has 0 spiro atoms. The second kappa shape index (κ2) is 4.98. The molecule has 0 atom stereocenters. The van der Waals surface area contributed by atoms with E-state index < -0.39 is 0 Å². The van der Waals surface area contributed by atoms with Gasteiger partial charge in [0.05, 0.1) is 0 Å². The molecule has 0 fully saturated rings. The number of aromatic amines is 2. The Bertz CT molecular complexity index is 692. The maximum atomic E-state index is 10.8. The van der Waals surface area contributed by atoms with E-state index >= 15 is 0 Å². The van der Waals surface area contributed by atoms with Gasteiger partial charge in [0.25, 0.3) is 5.56 Å². The van der Waals surface area contributed by atoms with Crippen LogP contribution in [0.3, 0.4) is 0 Å². The first kappa shape index (κ1) is 10.9. The smallest absolute Gasteiger partial charge is 0.279 e. The molecule has 2 heterocycles. The summed E-state index contributed by atoms with van der Waals surface area (Å²) in [5.74, 6) is 0. The van der Waals surface area contributed by atoms with E-state index in [0.717, 1.165) is 10.9 Å². The Kier molecular flexibility index (Phi) is 3.20. The number of pyridine rings is 1. The van der Waals surface area contributed by atoms with Crippen LogP contribution in [0.2, 0.25) is 0 Å². The number of hydrogen-bond acceptors (Lipinski definition) is 3. The molecular formula is C12H10N2O3. The van der Waals surface area contributed by atoms with Crippen molar-refractivity contribution in [1.82, 2.24) is 10.1 Å². The molecule has 0 saturated carbocycles. The molecule has 17 heavy (non-hydrogen) atoms. The zero-order chi connectivity index (χ0) is 12.1. The molecule has 5 nitrogen and oxygen atoms in total. The Hall–Kier alpha value is -2.56. The number of rotatable bonds is 0. The standard InChI is InChI=1S/C9H7NO.C3H3NO2/c11-9-6-5-7-3-1-2-4-8(7)10-9;5-3-1-2-6-4-3/h1-6H,(H,10,11);1-2H,(H,4,5). The van der Waals surface area contributed by atoms with Crippen molar-refractivity contribution < 1.29 is 4.52 Å². The van der Waals surface area contributed by atoms with Gasteiger partial charge in [-0.15, -0.1) is 0 Å². The monoisotopic (exact) mass is 230 g/mol. The highest BCUT2D eigenvalue weighted by Crippen LogP contribution is 2.06. The van der Waals surface area contributed by atoms with Crippen molar-refractivity contribution in [3.05, 3.63) is 69.4 Å². The molecule has 0 bridgehead atoms. The van der Waals surface area contributed by atoms with Gasteiger partial charge in [-0.05, 0) is 17.5 Å². The van der Waals surface area contributed by atoms with Gasteiger partial charge in [-0.3, -0.25) is 9.59 Å². The van der Waals surface area contributed by atoms with Crippen LogP contribution in [0.1, 0.15) is 0 Å². The van der Waals surface area contributed by atoms with E-state index in [2.05, 4.69) is 14.7 Å². The van der Waals surface area contributed by atoms with E-state index in [1.165, 1.54) is 18.4 Å². The molecule has 2 aromatic heterocycles. The van der Waals surface area contributed by atoms with Crippen LogP contribution in [0.25, 0.3) is 10.9 Å². The summed E-state index contributed by atoms with van der Waals surface area (Å²) < 4.78 is 4.28. The van der Waals surface area contributed by atoms with Crippen LogP contribution in [-0.4, -0.2) is 10.1 Å². The molecular weight excluding hydrogens is 220 g/mol. The average Bonchev–Trinajstić information content (AvgIpc) is 2.81. The highest BCUT2D eigenvalue weighted by atomic mass is 16.5. The van der Waals surface area contributed by atoms with Gasteiger partial charge in [-0.25, -0.2) is 0 Å². The predicted octanol–water partition coefficient (Wildman–Crippen LogP) is 1.50. The van der Waals surface area contributed by atoms with Crippen LogP contribution < -0.4 is 11.1 Å². The first-order chi connectivity index (χ1) is 8.25. The third-order valence-corrected chi connectivity index (χ3v) is 2.08. The summed E-state index contributed by atoms with van der Waals surface area (Å²) in [6, 6.07) is 12.3. The molecule has 0 saturated heterocycles. The molecule has 0 aliphatic heterocycles. The Balaban J connectivity index is 0.000000153. The van der Waals surface area contributed by atoms with Crippen molar-refractivity contribution in [3.63, 3.8) is 0 Å². The molecule has 3 aromatic rings. The summed E-state index contributed by atoms with van der Waals surface area (Å²) in [7, 11) is 0. The highest BCUT2D eigenvalue weighted by Gasteiger charge is 1.89. The minimum absolute atomic E-state index is 0.0521. The van der Waals surface area contributed by atoms with E-state index in [1.807, 2.05) is 30.3 Å². The quantitative estimate of drug-likeness (QED) is 0.614. The fourth-order valence-electron chi connectivity index (χ4n) is 1.32. The zero-order valence-corrected chi connectivity index (χ0v) is 8.84. The van der Waals surface area contributed by atoms with Crippen molar-refractivity contribution in [2.45, 2.75) is 0 Å². The summed E-state index contributed by atoms with van der Waals surface area (Å²) in [5, 5.41) is 3.13. The third-order valence-electron chi connectivity index (χ3n) is 2.08.